The first kappa shape index (κ1) is 15.2. The van der Waals surface area contributed by atoms with Crippen molar-refractivity contribution in [1.29, 1.82) is 0 Å². The summed E-state index contributed by atoms with van der Waals surface area (Å²) >= 11 is 0. The highest BCUT2D eigenvalue weighted by molar-refractivity contribution is 5.90. The molecule has 1 amide bonds. The molecular formula is C13H15F3N2O. The molecule has 0 aliphatic heterocycles. The van der Waals surface area contributed by atoms with E-state index in [0.717, 1.165) is 12.1 Å². The number of benzene rings is 1. The van der Waals surface area contributed by atoms with E-state index in [9.17, 15) is 18.0 Å². The van der Waals surface area contributed by atoms with Crippen LogP contribution in [0.5, 0.6) is 0 Å². The molecule has 0 spiro atoms. The fraction of sp³-hybridized carbons (Fsp3) is 0.308. The Labute approximate surface area is 109 Å². The Morgan fingerprint density at radius 1 is 1.37 bits per heavy atom. The maximum atomic E-state index is 12.5. The lowest BCUT2D eigenvalue weighted by Gasteiger charge is -2.10. The van der Waals surface area contributed by atoms with Crippen LogP contribution in [0, 0.1) is 0 Å². The zero-order chi connectivity index (χ0) is 14.3. The van der Waals surface area contributed by atoms with Crippen LogP contribution >= 0.6 is 0 Å². The van der Waals surface area contributed by atoms with Crippen LogP contribution in [-0.2, 0) is 11.0 Å². The molecule has 0 unspecified atom stereocenters. The number of amides is 1. The average Bonchev–Trinajstić information content (AvgIpc) is 2.34. The summed E-state index contributed by atoms with van der Waals surface area (Å²) in [5.41, 5.74) is -0.640. The largest absolute Gasteiger partial charge is 0.416 e. The van der Waals surface area contributed by atoms with Crippen LogP contribution in [0.25, 0.3) is 0 Å². The standard InChI is InChI=1S/C13H15F3N2O/c1-2-7-17-8-6-12(19)18-11-5-3-4-10(9-11)13(14,15)16/h2-5,9,17H,1,6-8H2,(H,18,19). The second-order valence-electron chi connectivity index (χ2n) is 3.87. The lowest BCUT2D eigenvalue weighted by molar-refractivity contribution is -0.137. The number of halogens is 3. The topological polar surface area (TPSA) is 41.1 Å². The molecule has 0 aliphatic rings. The summed E-state index contributed by atoms with van der Waals surface area (Å²) in [5.74, 6) is -0.337. The Bertz CT molecular complexity index is 444. The Morgan fingerprint density at radius 2 is 2.11 bits per heavy atom. The molecule has 0 fully saturated rings. The van der Waals surface area contributed by atoms with Crippen molar-refractivity contribution in [2.24, 2.45) is 0 Å². The van der Waals surface area contributed by atoms with Crippen molar-refractivity contribution in [2.45, 2.75) is 12.6 Å². The first-order valence-corrected chi connectivity index (χ1v) is 5.72. The molecule has 0 aromatic heterocycles. The van der Waals surface area contributed by atoms with Gasteiger partial charge in [0.1, 0.15) is 0 Å². The summed E-state index contributed by atoms with van der Waals surface area (Å²) < 4.78 is 37.4. The quantitative estimate of drug-likeness (QED) is 0.617. The summed E-state index contributed by atoms with van der Waals surface area (Å²) in [5, 5.41) is 5.36. The third kappa shape index (κ3) is 5.56. The minimum atomic E-state index is -4.41. The fourth-order valence-electron chi connectivity index (χ4n) is 1.40. The van der Waals surface area contributed by atoms with Gasteiger partial charge in [0.15, 0.2) is 0 Å². The summed E-state index contributed by atoms with van der Waals surface area (Å²) in [4.78, 5) is 11.5. The zero-order valence-corrected chi connectivity index (χ0v) is 10.3. The van der Waals surface area contributed by atoms with Gasteiger partial charge in [-0.05, 0) is 18.2 Å². The van der Waals surface area contributed by atoms with E-state index >= 15 is 0 Å². The molecular weight excluding hydrogens is 257 g/mol. The van der Waals surface area contributed by atoms with E-state index in [0.29, 0.717) is 13.1 Å². The average molecular weight is 272 g/mol. The van der Waals surface area contributed by atoms with Gasteiger partial charge in [-0.1, -0.05) is 12.1 Å². The SMILES string of the molecule is C=CCNCCC(=O)Nc1cccc(C(F)(F)F)c1. The highest BCUT2D eigenvalue weighted by Crippen LogP contribution is 2.30. The normalized spacial score (nSPS) is 11.1. The number of anilines is 1. The molecule has 0 heterocycles. The molecule has 104 valence electrons. The molecule has 0 radical (unpaired) electrons. The van der Waals surface area contributed by atoms with E-state index in [2.05, 4.69) is 17.2 Å². The van der Waals surface area contributed by atoms with E-state index in [4.69, 9.17) is 0 Å². The molecule has 2 N–H and O–H groups in total. The maximum Gasteiger partial charge on any atom is 0.416 e. The van der Waals surface area contributed by atoms with E-state index in [1.807, 2.05) is 0 Å². The van der Waals surface area contributed by atoms with Gasteiger partial charge in [0.25, 0.3) is 0 Å². The minimum Gasteiger partial charge on any atom is -0.326 e. The number of nitrogens with one attached hydrogen (secondary N) is 2. The Kier molecular flexibility index (Phi) is 5.57. The Balaban J connectivity index is 2.53. The van der Waals surface area contributed by atoms with Gasteiger partial charge in [0.05, 0.1) is 5.56 Å². The summed E-state index contributed by atoms with van der Waals surface area (Å²) in [7, 11) is 0. The molecule has 0 bridgehead atoms. The molecule has 3 nitrogen and oxygen atoms in total. The smallest absolute Gasteiger partial charge is 0.326 e. The van der Waals surface area contributed by atoms with Crippen LogP contribution in [0.2, 0.25) is 0 Å². The lowest BCUT2D eigenvalue weighted by atomic mass is 10.2. The van der Waals surface area contributed by atoms with Gasteiger partial charge in [-0.15, -0.1) is 6.58 Å². The molecule has 0 saturated heterocycles. The van der Waals surface area contributed by atoms with Crippen molar-refractivity contribution in [1.82, 2.24) is 5.32 Å². The maximum absolute atomic E-state index is 12.5. The summed E-state index contributed by atoms with van der Waals surface area (Å²) in [6.07, 6.45) is -2.57. The van der Waals surface area contributed by atoms with Crippen molar-refractivity contribution in [3.63, 3.8) is 0 Å². The third-order valence-corrected chi connectivity index (χ3v) is 2.29. The monoisotopic (exact) mass is 272 g/mol. The van der Waals surface area contributed by atoms with Crippen LogP contribution in [0.4, 0.5) is 18.9 Å². The van der Waals surface area contributed by atoms with Crippen molar-refractivity contribution >= 4 is 11.6 Å². The second kappa shape index (κ2) is 6.94. The first-order chi connectivity index (χ1) is 8.93. The number of rotatable bonds is 6. The predicted octanol–water partition coefficient (Wildman–Crippen LogP) is 2.81. The van der Waals surface area contributed by atoms with Crippen molar-refractivity contribution in [3.05, 3.63) is 42.5 Å². The lowest BCUT2D eigenvalue weighted by Crippen LogP contribution is -2.21. The van der Waals surface area contributed by atoms with Crippen LogP contribution in [0.15, 0.2) is 36.9 Å². The number of carbonyl (C=O) groups is 1. The summed E-state index contributed by atoms with van der Waals surface area (Å²) in [6.45, 7) is 4.53. The van der Waals surface area contributed by atoms with Crippen molar-refractivity contribution < 1.29 is 18.0 Å². The van der Waals surface area contributed by atoms with E-state index in [1.54, 1.807) is 6.08 Å². The fourth-order valence-corrected chi connectivity index (χ4v) is 1.40. The highest BCUT2D eigenvalue weighted by atomic mass is 19.4. The first-order valence-electron chi connectivity index (χ1n) is 5.72. The van der Waals surface area contributed by atoms with E-state index in [-0.39, 0.29) is 18.0 Å². The number of hydrogen-bond acceptors (Lipinski definition) is 2. The van der Waals surface area contributed by atoms with Gasteiger partial charge in [-0.25, -0.2) is 0 Å². The molecule has 19 heavy (non-hydrogen) atoms. The number of carbonyl (C=O) groups excluding carboxylic acids is 1. The summed E-state index contributed by atoms with van der Waals surface area (Å²) in [6, 6.07) is 4.55. The predicted molar refractivity (Wildman–Crippen MR) is 67.8 cm³/mol. The minimum absolute atomic E-state index is 0.142. The van der Waals surface area contributed by atoms with Crippen LogP contribution in [0.3, 0.4) is 0 Å². The van der Waals surface area contributed by atoms with Crippen molar-refractivity contribution in [3.8, 4) is 0 Å². The van der Waals surface area contributed by atoms with Gasteiger partial charge in [0.2, 0.25) is 5.91 Å². The number of hydrogen-bond donors (Lipinski definition) is 2. The van der Waals surface area contributed by atoms with E-state index in [1.165, 1.54) is 12.1 Å². The zero-order valence-electron chi connectivity index (χ0n) is 10.3. The van der Waals surface area contributed by atoms with Gasteiger partial charge in [-0.2, -0.15) is 13.2 Å². The van der Waals surface area contributed by atoms with Crippen LogP contribution < -0.4 is 10.6 Å². The van der Waals surface area contributed by atoms with Gasteiger partial charge < -0.3 is 10.6 Å². The van der Waals surface area contributed by atoms with E-state index < -0.39 is 11.7 Å². The molecule has 0 saturated carbocycles. The third-order valence-electron chi connectivity index (χ3n) is 2.29. The second-order valence-corrected chi connectivity index (χ2v) is 3.87. The van der Waals surface area contributed by atoms with Crippen molar-refractivity contribution in [2.75, 3.05) is 18.4 Å². The van der Waals surface area contributed by atoms with Gasteiger partial charge in [0, 0.05) is 25.2 Å². The van der Waals surface area contributed by atoms with Crippen LogP contribution in [-0.4, -0.2) is 19.0 Å². The Morgan fingerprint density at radius 3 is 2.74 bits per heavy atom. The number of alkyl halides is 3. The molecule has 1 aromatic rings. The molecule has 0 aliphatic carbocycles. The molecule has 0 atom stereocenters. The Hall–Kier alpha value is -1.82. The molecule has 1 aromatic carbocycles. The van der Waals surface area contributed by atoms with Gasteiger partial charge in [-0.3, -0.25) is 4.79 Å². The molecule has 6 heteroatoms. The highest BCUT2D eigenvalue weighted by Gasteiger charge is 2.30. The molecule has 1 rings (SSSR count). The van der Waals surface area contributed by atoms with Gasteiger partial charge >= 0.3 is 6.18 Å². The van der Waals surface area contributed by atoms with Crippen LogP contribution in [0.1, 0.15) is 12.0 Å².